The van der Waals surface area contributed by atoms with E-state index in [1.54, 1.807) is 0 Å². The van der Waals surface area contributed by atoms with Gasteiger partial charge in [0.05, 0.1) is 24.2 Å². The van der Waals surface area contributed by atoms with Crippen LogP contribution in [0.25, 0.3) is 0 Å². The molecule has 0 unspecified atom stereocenters. The van der Waals surface area contributed by atoms with Gasteiger partial charge in [0, 0.05) is 12.2 Å². The standard InChI is InChI=1S/C17H23N3O/c18-16(10-13-4-2-1-3-5-13)17-11-19-12-20(17)14-6-8-15(21)9-7-14/h1-5,11-12,14-16,21H,6-10,18H2/t14?,15?,16-/m1/s1. The molecule has 4 heteroatoms. The molecular weight excluding hydrogens is 262 g/mol. The van der Waals surface area contributed by atoms with Gasteiger partial charge in [-0.3, -0.25) is 0 Å². The summed E-state index contributed by atoms with van der Waals surface area (Å²) in [6.45, 7) is 0. The van der Waals surface area contributed by atoms with Crippen LogP contribution in [0.2, 0.25) is 0 Å². The van der Waals surface area contributed by atoms with Crippen molar-refractivity contribution in [3.05, 3.63) is 54.1 Å². The monoisotopic (exact) mass is 285 g/mol. The summed E-state index contributed by atoms with van der Waals surface area (Å²) in [6.07, 6.45) is 8.21. The van der Waals surface area contributed by atoms with Crippen molar-refractivity contribution in [3.63, 3.8) is 0 Å². The highest BCUT2D eigenvalue weighted by Crippen LogP contribution is 2.31. The third-order valence-corrected chi connectivity index (χ3v) is 4.43. The van der Waals surface area contributed by atoms with Crippen LogP contribution in [-0.2, 0) is 6.42 Å². The maximum absolute atomic E-state index is 9.65. The topological polar surface area (TPSA) is 64.1 Å². The van der Waals surface area contributed by atoms with Crippen molar-refractivity contribution in [1.29, 1.82) is 0 Å². The van der Waals surface area contributed by atoms with Crippen LogP contribution in [0.3, 0.4) is 0 Å². The third kappa shape index (κ3) is 3.34. The quantitative estimate of drug-likeness (QED) is 0.907. The zero-order valence-electron chi connectivity index (χ0n) is 12.2. The first-order chi connectivity index (χ1) is 10.2. The summed E-state index contributed by atoms with van der Waals surface area (Å²) in [4.78, 5) is 4.30. The largest absolute Gasteiger partial charge is 0.393 e. The average Bonchev–Trinajstić information content (AvgIpc) is 2.98. The Hall–Kier alpha value is -1.65. The molecule has 1 heterocycles. The van der Waals surface area contributed by atoms with Crippen molar-refractivity contribution in [2.24, 2.45) is 5.73 Å². The van der Waals surface area contributed by atoms with E-state index in [1.807, 2.05) is 30.7 Å². The molecule has 3 N–H and O–H groups in total. The van der Waals surface area contributed by atoms with E-state index in [0.29, 0.717) is 6.04 Å². The molecule has 1 atom stereocenters. The average molecular weight is 285 g/mol. The summed E-state index contributed by atoms with van der Waals surface area (Å²) in [5.41, 5.74) is 8.74. The molecular formula is C17H23N3O. The van der Waals surface area contributed by atoms with Gasteiger partial charge in [0.2, 0.25) is 0 Å². The summed E-state index contributed by atoms with van der Waals surface area (Å²) in [5, 5.41) is 9.65. The molecule has 0 spiro atoms. The Kier molecular flexibility index (Phi) is 4.36. The van der Waals surface area contributed by atoms with Crippen LogP contribution in [0.4, 0.5) is 0 Å². The molecule has 0 bridgehead atoms. The van der Waals surface area contributed by atoms with Crippen LogP contribution in [-0.4, -0.2) is 20.8 Å². The zero-order chi connectivity index (χ0) is 14.7. The van der Waals surface area contributed by atoms with Gasteiger partial charge in [0.25, 0.3) is 0 Å². The maximum atomic E-state index is 9.65. The molecule has 4 nitrogen and oxygen atoms in total. The summed E-state index contributed by atoms with van der Waals surface area (Å²) >= 11 is 0. The summed E-state index contributed by atoms with van der Waals surface area (Å²) in [5.74, 6) is 0. The van der Waals surface area contributed by atoms with Crippen molar-refractivity contribution >= 4 is 0 Å². The highest BCUT2D eigenvalue weighted by atomic mass is 16.3. The molecule has 1 aliphatic carbocycles. The second-order valence-electron chi connectivity index (χ2n) is 5.98. The lowest BCUT2D eigenvalue weighted by Crippen LogP contribution is -2.25. The Bertz CT molecular complexity index is 558. The van der Waals surface area contributed by atoms with Crippen molar-refractivity contribution in [2.45, 2.75) is 50.3 Å². The molecule has 1 aliphatic rings. The van der Waals surface area contributed by atoms with Crippen LogP contribution in [0.15, 0.2) is 42.9 Å². The van der Waals surface area contributed by atoms with Gasteiger partial charge in [0.1, 0.15) is 0 Å². The number of hydrogen-bond donors (Lipinski definition) is 2. The number of aliphatic hydroxyl groups is 1. The van der Waals surface area contributed by atoms with E-state index in [4.69, 9.17) is 5.73 Å². The molecule has 1 aromatic heterocycles. The van der Waals surface area contributed by atoms with Gasteiger partial charge in [-0.15, -0.1) is 0 Å². The molecule has 3 rings (SSSR count). The Morgan fingerprint density at radius 1 is 1.19 bits per heavy atom. The van der Waals surface area contributed by atoms with E-state index in [-0.39, 0.29) is 12.1 Å². The van der Waals surface area contributed by atoms with Gasteiger partial charge >= 0.3 is 0 Å². The van der Waals surface area contributed by atoms with Crippen LogP contribution in [0.1, 0.15) is 49.0 Å². The minimum absolute atomic E-state index is 0.0400. The Morgan fingerprint density at radius 2 is 1.90 bits per heavy atom. The van der Waals surface area contributed by atoms with Crippen molar-refractivity contribution in [1.82, 2.24) is 9.55 Å². The first-order valence-electron chi connectivity index (χ1n) is 7.73. The third-order valence-electron chi connectivity index (χ3n) is 4.43. The maximum Gasteiger partial charge on any atom is 0.0951 e. The summed E-state index contributed by atoms with van der Waals surface area (Å²) < 4.78 is 2.22. The first kappa shape index (κ1) is 14.3. The molecule has 1 aromatic carbocycles. The van der Waals surface area contributed by atoms with Gasteiger partial charge in [-0.05, 0) is 37.7 Å². The molecule has 21 heavy (non-hydrogen) atoms. The van der Waals surface area contributed by atoms with E-state index in [0.717, 1.165) is 37.8 Å². The summed E-state index contributed by atoms with van der Waals surface area (Å²) in [7, 11) is 0. The van der Waals surface area contributed by atoms with Crippen LogP contribution in [0.5, 0.6) is 0 Å². The van der Waals surface area contributed by atoms with E-state index in [9.17, 15) is 5.11 Å². The Labute approximate surface area is 125 Å². The predicted molar refractivity (Wildman–Crippen MR) is 82.8 cm³/mol. The van der Waals surface area contributed by atoms with Crippen molar-refractivity contribution in [2.75, 3.05) is 0 Å². The summed E-state index contributed by atoms with van der Waals surface area (Å²) in [6, 6.07) is 10.7. The lowest BCUT2D eigenvalue weighted by molar-refractivity contribution is 0.110. The number of aromatic nitrogens is 2. The molecule has 0 amide bonds. The Balaban J connectivity index is 1.72. The smallest absolute Gasteiger partial charge is 0.0951 e. The fraction of sp³-hybridized carbons (Fsp3) is 0.471. The number of aliphatic hydroxyl groups excluding tert-OH is 1. The number of nitrogens with two attached hydrogens (primary N) is 1. The molecule has 2 aromatic rings. The van der Waals surface area contributed by atoms with Crippen LogP contribution >= 0.6 is 0 Å². The zero-order valence-corrected chi connectivity index (χ0v) is 12.2. The number of rotatable bonds is 4. The number of imidazole rings is 1. The first-order valence-corrected chi connectivity index (χ1v) is 7.73. The molecule has 0 aliphatic heterocycles. The molecule has 112 valence electrons. The van der Waals surface area contributed by atoms with Crippen LogP contribution in [0, 0.1) is 0 Å². The van der Waals surface area contributed by atoms with Gasteiger partial charge in [-0.25, -0.2) is 4.98 Å². The lowest BCUT2D eigenvalue weighted by atomic mass is 9.92. The van der Waals surface area contributed by atoms with Gasteiger partial charge in [0.15, 0.2) is 0 Å². The van der Waals surface area contributed by atoms with E-state index in [1.165, 1.54) is 5.56 Å². The normalized spacial score (nSPS) is 23.9. The van der Waals surface area contributed by atoms with Gasteiger partial charge in [-0.2, -0.15) is 0 Å². The fourth-order valence-electron chi connectivity index (χ4n) is 3.22. The highest BCUT2D eigenvalue weighted by molar-refractivity contribution is 5.19. The number of nitrogens with zero attached hydrogens (tertiary/aromatic N) is 2. The SMILES string of the molecule is N[C@H](Cc1ccccc1)c1cncn1C1CCC(O)CC1. The number of hydrogen-bond acceptors (Lipinski definition) is 3. The van der Waals surface area contributed by atoms with Crippen molar-refractivity contribution in [3.8, 4) is 0 Å². The van der Waals surface area contributed by atoms with E-state index < -0.39 is 0 Å². The Morgan fingerprint density at radius 3 is 2.62 bits per heavy atom. The van der Waals surface area contributed by atoms with Crippen molar-refractivity contribution < 1.29 is 5.11 Å². The predicted octanol–water partition coefficient (Wildman–Crippen LogP) is 2.60. The minimum atomic E-state index is -0.133. The second-order valence-corrected chi connectivity index (χ2v) is 5.98. The second kappa shape index (κ2) is 6.41. The lowest BCUT2D eigenvalue weighted by Gasteiger charge is -2.29. The molecule has 1 saturated carbocycles. The molecule has 0 radical (unpaired) electrons. The number of benzene rings is 1. The van der Waals surface area contributed by atoms with Gasteiger partial charge < -0.3 is 15.4 Å². The molecule has 0 saturated heterocycles. The van der Waals surface area contributed by atoms with E-state index >= 15 is 0 Å². The highest BCUT2D eigenvalue weighted by Gasteiger charge is 2.23. The van der Waals surface area contributed by atoms with E-state index in [2.05, 4.69) is 21.7 Å². The fourth-order valence-corrected chi connectivity index (χ4v) is 3.22. The van der Waals surface area contributed by atoms with Gasteiger partial charge in [-0.1, -0.05) is 30.3 Å². The van der Waals surface area contributed by atoms with Crippen LogP contribution < -0.4 is 5.73 Å². The minimum Gasteiger partial charge on any atom is -0.393 e. The molecule has 1 fully saturated rings.